The summed E-state index contributed by atoms with van der Waals surface area (Å²) in [5.41, 5.74) is 4.72. The summed E-state index contributed by atoms with van der Waals surface area (Å²) in [5.74, 6) is 5.72. The van der Waals surface area contributed by atoms with Crippen molar-refractivity contribution in [3.63, 3.8) is 0 Å². The Kier molecular flexibility index (Phi) is 6.68. The lowest BCUT2D eigenvalue weighted by Gasteiger charge is -2.26. The van der Waals surface area contributed by atoms with Crippen molar-refractivity contribution in [2.75, 3.05) is 31.3 Å². The molecule has 0 aromatic heterocycles. The molecule has 1 amide bonds. The largest absolute Gasteiger partial charge is 0.379 e. The highest BCUT2D eigenvalue weighted by molar-refractivity contribution is 7.89. The standard InChI is InChI=1S/C26H28N4O4S/c27-30(24-9-11-25(12-10-24)35(32,33)29-13-15-34-16-14-29)26(31)21-7-5-20(6-8-21)17-28-18-22-3-1-2-4-23(22)19-28/h1-12H,13-19,27H2. The summed E-state index contributed by atoms with van der Waals surface area (Å²) < 4.78 is 32.2. The highest BCUT2D eigenvalue weighted by Gasteiger charge is 2.26. The number of rotatable bonds is 6. The number of anilines is 1. The first-order chi connectivity index (χ1) is 16.9. The van der Waals surface area contributed by atoms with Crippen LogP contribution < -0.4 is 10.9 Å². The molecule has 3 aromatic carbocycles. The van der Waals surface area contributed by atoms with Crippen LogP contribution in [0, 0.1) is 0 Å². The van der Waals surface area contributed by atoms with E-state index in [1.807, 2.05) is 12.1 Å². The number of ether oxygens (including phenoxy) is 1. The first kappa shape index (κ1) is 23.7. The van der Waals surface area contributed by atoms with Crippen molar-refractivity contribution in [1.82, 2.24) is 9.21 Å². The lowest BCUT2D eigenvalue weighted by atomic mass is 10.1. The monoisotopic (exact) mass is 492 g/mol. The molecule has 0 unspecified atom stereocenters. The summed E-state index contributed by atoms with van der Waals surface area (Å²) in [6.45, 7) is 4.06. The maximum absolute atomic E-state index is 12.9. The van der Waals surface area contributed by atoms with Gasteiger partial charge in [-0.3, -0.25) is 9.69 Å². The normalized spacial score (nSPS) is 16.7. The van der Waals surface area contributed by atoms with Crippen molar-refractivity contribution in [2.45, 2.75) is 24.5 Å². The molecule has 0 radical (unpaired) electrons. The Morgan fingerprint density at radius 2 is 1.49 bits per heavy atom. The maximum Gasteiger partial charge on any atom is 0.272 e. The zero-order valence-electron chi connectivity index (χ0n) is 19.3. The van der Waals surface area contributed by atoms with E-state index in [1.165, 1.54) is 27.6 Å². The number of morpholine rings is 1. The third-order valence-electron chi connectivity index (χ3n) is 6.45. The Morgan fingerprint density at radius 1 is 0.886 bits per heavy atom. The summed E-state index contributed by atoms with van der Waals surface area (Å²) >= 11 is 0. The first-order valence-corrected chi connectivity index (χ1v) is 13.0. The van der Waals surface area contributed by atoms with Crippen LogP contribution in [0.25, 0.3) is 0 Å². The number of carbonyl (C=O) groups excluding carboxylic acids is 1. The van der Waals surface area contributed by atoms with Gasteiger partial charge >= 0.3 is 0 Å². The molecule has 1 saturated heterocycles. The van der Waals surface area contributed by atoms with Crippen molar-refractivity contribution in [2.24, 2.45) is 5.84 Å². The van der Waals surface area contributed by atoms with Crippen LogP contribution in [0.3, 0.4) is 0 Å². The number of amides is 1. The fraction of sp³-hybridized carbons (Fsp3) is 0.269. The molecule has 2 N–H and O–H groups in total. The lowest BCUT2D eigenvalue weighted by Crippen LogP contribution is -2.40. The molecule has 9 heteroatoms. The Hall–Kier alpha value is -3.08. The Bertz CT molecular complexity index is 1280. The Balaban J connectivity index is 1.22. The van der Waals surface area contributed by atoms with E-state index in [0.717, 1.165) is 30.2 Å². The Labute approximate surface area is 205 Å². The zero-order valence-corrected chi connectivity index (χ0v) is 20.2. The van der Waals surface area contributed by atoms with Gasteiger partial charge in [0.1, 0.15) is 0 Å². The molecule has 2 aliphatic rings. The second kappa shape index (κ2) is 9.88. The van der Waals surface area contributed by atoms with Gasteiger partial charge < -0.3 is 4.74 Å². The van der Waals surface area contributed by atoms with Crippen molar-refractivity contribution < 1.29 is 17.9 Å². The van der Waals surface area contributed by atoms with Gasteiger partial charge in [0.25, 0.3) is 5.91 Å². The smallest absolute Gasteiger partial charge is 0.272 e. The van der Waals surface area contributed by atoms with Crippen LogP contribution in [0.4, 0.5) is 5.69 Å². The van der Waals surface area contributed by atoms with Gasteiger partial charge in [-0.2, -0.15) is 4.31 Å². The minimum atomic E-state index is -3.60. The number of hydrogen-bond acceptors (Lipinski definition) is 6. The molecule has 2 aliphatic heterocycles. The molecule has 0 aliphatic carbocycles. The number of hydrazine groups is 1. The second-order valence-corrected chi connectivity index (χ2v) is 10.7. The average molecular weight is 493 g/mol. The topological polar surface area (TPSA) is 96.2 Å². The minimum absolute atomic E-state index is 0.164. The summed E-state index contributed by atoms with van der Waals surface area (Å²) in [4.78, 5) is 15.5. The van der Waals surface area contributed by atoms with Gasteiger partial charge in [0.2, 0.25) is 10.0 Å². The average Bonchev–Trinajstić information content (AvgIpc) is 3.31. The summed E-state index contributed by atoms with van der Waals surface area (Å²) in [7, 11) is -3.60. The van der Waals surface area contributed by atoms with Gasteiger partial charge in [-0.25, -0.2) is 19.3 Å². The summed E-state index contributed by atoms with van der Waals surface area (Å²) in [5, 5.41) is 1.04. The van der Waals surface area contributed by atoms with Gasteiger partial charge in [-0.05, 0) is 53.1 Å². The molecule has 2 heterocycles. The fourth-order valence-corrected chi connectivity index (χ4v) is 5.91. The van der Waals surface area contributed by atoms with E-state index in [9.17, 15) is 13.2 Å². The van der Waals surface area contributed by atoms with E-state index in [1.54, 1.807) is 24.3 Å². The van der Waals surface area contributed by atoms with Crippen LogP contribution in [-0.2, 0) is 34.4 Å². The molecule has 0 saturated carbocycles. The minimum Gasteiger partial charge on any atom is -0.379 e. The summed E-state index contributed by atoms with van der Waals surface area (Å²) in [6, 6.07) is 22.0. The third-order valence-corrected chi connectivity index (χ3v) is 8.37. The van der Waals surface area contributed by atoms with Crippen LogP contribution in [0.2, 0.25) is 0 Å². The van der Waals surface area contributed by atoms with Crippen molar-refractivity contribution in [1.29, 1.82) is 0 Å². The molecule has 1 fully saturated rings. The van der Waals surface area contributed by atoms with Crippen LogP contribution in [-0.4, -0.2) is 49.8 Å². The van der Waals surface area contributed by atoms with Crippen LogP contribution in [0.5, 0.6) is 0 Å². The molecule has 5 rings (SSSR count). The van der Waals surface area contributed by atoms with Crippen LogP contribution in [0.15, 0.2) is 77.7 Å². The van der Waals surface area contributed by atoms with E-state index in [-0.39, 0.29) is 10.8 Å². The van der Waals surface area contributed by atoms with E-state index in [0.29, 0.717) is 37.6 Å². The Morgan fingerprint density at radius 3 is 2.09 bits per heavy atom. The number of fused-ring (bicyclic) bond motifs is 1. The van der Waals surface area contributed by atoms with Gasteiger partial charge in [0.15, 0.2) is 0 Å². The molecule has 0 spiro atoms. The SMILES string of the molecule is NN(C(=O)c1ccc(CN2Cc3ccccc3C2)cc1)c1ccc(S(=O)(=O)N2CCOCC2)cc1. The number of nitrogens with two attached hydrogens (primary N) is 1. The molecule has 3 aromatic rings. The van der Waals surface area contributed by atoms with Crippen molar-refractivity contribution in [3.8, 4) is 0 Å². The number of hydrogen-bond donors (Lipinski definition) is 1. The lowest BCUT2D eigenvalue weighted by molar-refractivity contribution is 0.0730. The number of sulfonamides is 1. The highest BCUT2D eigenvalue weighted by Crippen LogP contribution is 2.25. The highest BCUT2D eigenvalue weighted by atomic mass is 32.2. The quantitative estimate of drug-likeness (QED) is 0.323. The van der Waals surface area contributed by atoms with Gasteiger partial charge in [-0.15, -0.1) is 0 Å². The number of carbonyl (C=O) groups is 1. The second-order valence-electron chi connectivity index (χ2n) is 8.80. The molecule has 182 valence electrons. The number of nitrogens with zero attached hydrogens (tertiary/aromatic N) is 3. The number of benzene rings is 3. The van der Waals surface area contributed by atoms with E-state index < -0.39 is 10.0 Å². The van der Waals surface area contributed by atoms with E-state index in [4.69, 9.17) is 10.6 Å². The molecule has 0 atom stereocenters. The molecular weight excluding hydrogens is 464 g/mol. The fourth-order valence-electron chi connectivity index (χ4n) is 4.50. The van der Waals surface area contributed by atoms with E-state index in [2.05, 4.69) is 29.2 Å². The molecular formula is C26H28N4O4S. The van der Waals surface area contributed by atoms with Gasteiger partial charge in [-0.1, -0.05) is 36.4 Å². The summed E-state index contributed by atoms with van der Waals surface area (Å²) in [6.07, 6.45) is 0. The van der Waals surface area contributed by atoms with Crippen molar-refractivity contribution in [3.05, 3.63) is 95.1 Å². The van der Waals surface area contributed by atoms with Gasteiger partial charge in [0, 0.05) is 38.3 Å². The molecule has 0 bridgehead atoms. The van der Waals surface area contributed by atoms with Crippen molar-refractivity contribution >= 4 is 21.6 Å². The predicted octanol–water partition coefficient (Wildman–Crippen LogP) is 2.74. The maximum atomic E-state index is 12.9. The van der Waals surface area contributed by atoms with Crippen LogP contribution >= 0.6 is 0 Å². The van der Waals surface area contributed by atoms with Crippen LogP contribution in [0.1, 0.15) is 27.0 Å². The van der Waals surface area contributed by atoms with Gasteiger partial charge in [0.05, 0.1) is 23.8 Å². The molecule has 8 nitrogen and oxygen atoms in total. The first-order valence-electron chi connectivity index (χ1n) is 11.6. The van der Waals surface area contributed by atoms with E-state index >= 15 is 0 Å². The molecule has 35 heavy (non-hydrogen) atoms. The predicted molar refractivity (Wildman–Crippen MR) is 133 cm³/mol. The third kappa shape index (κ3) is 5.00. The zero-order chi connectivity index (χ0) is 24.4.